The molecule has 0 saturated heterocycles. The van der Waals surface area contributed by atoms with Crippen molar-refractivity contribution >= 4 is 35.2 Å². The van der Waals surface area contributed by atoms with Crippen molar-refractivity contribution < 1.29 is 29.1 Å². The first-order valence-electron chi connectivity index (χ1n) is 15.6. The van der Waals surface area contributed by atoms with Gasteiger partial charge in [-0.2, -0.15) is 0 Å². The number of amides is 4. The number of hydrogen-bond donors (Lipinski definition) is 5. The second-order valence-corrected chi connectivity index (χ2v) is 11.9. The lowest BCUT2D eigenvalue weighted by molar-refractivity contribution is -0.144. The summed E-state index contributed by atoms with van der Waals surface area (Å²) < 4.78 is 0. The van der Waals surface area contributed by atoms with Crippen LogP contribution in [0.5, 0.6) is 0 Å². The van der Waals surface area contributed by atoms with Crippen molar-refractivity contribution in [3.05, 3.63) is 41.5 Å². The van der Waals surface area contributed by atoms with Crippen LogP contribution in [0.15, 0.2) is 30.3 Å². The summed E-state index contributed by atoms with van der Waals surface area (Å²) in [6.07, 6.45) is 3.94. The maximum Gasteiger partial charge on any atom is 0.326 e. The molecular weight excluding hydrogens is 548 g/mol. The van der Waals surface area contributed by atoms with E-state index in [-0.39, 0.29) is 35.6 Å². The molecule has 0 spiro atoms. The highest BCUT2D eigenvalue weighted by Crippen LogP contribution is 2.31. The van der Waals surface area contributed by atoms with Gasteiger partial charge in [0.1, 0.15) is 18.1 Å². The maximum absolute atomic E-state index is 13.7. The SMILES string of the molecule is CCC(C)C(NC(=O)C(NC(=O)C(NC(=O)/C=C1\c2ccccc2C(=O)NC1C(C)CC)C(C)CC)C(C)CC)C(=O)O. The molecule has 10 heteroatoms. The summed E-state index contributed by atoms with van der Waals surface area (Å²) in [4.78, 5) is 65.1. The molecular formula is C33H50N4O6. The zero-order valence-corrected chi connectivity index (χ0v) is 26.8. The smallest absolute Gasteiger partial charge is 0.326 e. The molecule has 1 aromatic carbocycles. The summed E-state index contributed by atoms with van der Waals surface area (Å²) in [5, 5.41) is 21.0. The van der Waals surface area contributed by atoms with Gasteiger partial charge in [-0.3, -0.25) is 19.2 Å². The number of aliphatic carboxylic acids is 1. The van der Waals surface area contributed by atoms with Crippen LogP contribution >= 0.6 is 0 Å². The van der Waals surface area contributed by atoms with E-state index in [2.05, 4.69) is 21.3 Å². The molecule has 0 radical (unpaired) electrons. The van der Waals surface area contributed by atoms with Gasteiger partial charge in [-0.15, -0.1) is 0 Å². The Morgan fingerprint density at radius 2 is 1.23 bits per heavy atom. The van der Waals surface area contributed by atoms with Crippen molar-refractivity contribution in [2.24, 2.45) is 23.7 Å². The number of nitrogens with one attached hydrogen (secondary N) is 4. The Morgan fingerprint density at radius 1 is 0.767 bits per heavy atom. The fraction of sp³-hybridized carbons (Fsp3) is 0.606. The van der Waals surface area contributed by atoms with Gasteiger partial charge in [0.15, 0.2) is 0 Å². The van der Waals surface area contributed by atoms with Gasteiger partial charge in [0.2, 0.25) is 17.7 Å². The van der Waals surface area contributed by atoms with Gasteiger partial charge in [0, 0.05) is 11.6 Å². The van der Waals surface area contributed by atoms with Gasteiger partial charge >= 0.3 is 5.97 Å². The average Bonchev–Trinajstić information content (AvgIpc) is 3.00. The molecule has 1 heterocycles. The minimum absolute atomic E-state index is 0.0601. The largest absolute Gasteiger partial charge is 0.480 e. The average molecular weight is 599 g/mol. The predicted molar refractivity (Wildman–Crippen MR) is 167 cm³/mol. The molecule has 238 valence electrons. The van der Waals surface area contributed by atoms with Crippen molar-refractivity contribution in [2.75, 3.05) is 0 Å². The third kappa shape index (κ3) is 8.91. The minimum Gasteiger partial charge on any atom is -0.480 e. The number of benzene rings is 1. The molecule has 8 atom stereocenters. The summed E-state index contributed by atoms with van der Waals surface area (Å²) in [6.45, 7) is 15.1. The van der Waals surface area contributed by atoms with Crippen LogP contribution in [-0.4, -0.2) is 58.9 Å². The molecule has 0 bridgehead atoms. The standard InChI is InChI=1S/C33H50N4O6/c1-9-18(5)26-24(22-15-13-14-16-23(22)30(39)35-26)17-25(38)34-27(19(6)10-2)31(40)36-28(20(7)11-3)32(41)37-29(33(42)43)21(8)12-4/h13-21,26-29H,9-12H2,1-8H3,(H,34,38)(H,35,39)(H,36,40)(H,37,41)(H,42,43)/b24-17+. The monoisotopic (exact) mass is 598 g/mol. The number of rotatable bonds is 15. The van der Waals surface area contributed by atoms with Gasteiger partial charge in [-0.05, 0) is 40.9 Å². The van der Waals surface area contributed by atoms with E-state index < -0.39 is 41.8 Å². The van der Waals surface area contributed by atoms with Crippen LogP contribution in [0.3, 0.4) is 0 Å². The van der Waals surface area contributed by atoms with E-state index in [4.69, 9.17) is 0 Å². The number of carbonyl (C=O) groups is 5. The van der Waals surface area contributed by atoms with Crippen LogP contribution < -0.4 is 21.3 Å². The molecule has 10 nitrogen and oxygen atoms in total. The maximum atomic E-state index is 13.7. The molecule has 43 heavy (non-hydrogen) atoms. The molecule has 1 aliphatic rings. The van der Waals surface area contributed by atoms with Crippen molar-refractivity contribution in [1.82, 2.24) is 21.3 Å². The molecule has 1 aromatic rings. The Hall–Kier alpha value is -3.69. The molecule has 0 aliphatic carbocycles. The summed E-state index contributed by atoms with van der Waals surface area (Å²) in [7, 11) is 0. The molecule has 0 aromatic heterocycles. The van der Waals surface area contributed by atoms with E-state index in [1.54, 1.807) is 19.1 Å². The van der Waals surface area contributed by atoms with E-state index in [0.29, 0.717) is 36.0 Å². The highest BCUT2D eigenvalue weighted by Gasteiger charge is 2.36. The Kier molecular flexibility index (Phi) is 13.4. The molecule has 5 N–H and O–H groups in total. The van der Waals surface area contributed by atoms with E-state index in [9.17, 15) is 29.1 Å². The fourth-order valence-corrected chi connectivity index (χ4v) is 5.16. The number of carbonyl (C=O) groups excluding carboxylic acids is 4. The van der Waals surface area contributed by atoms with Crippen molar-refractivity contribution in [2.45, 2.75) is 105 Å². The normalized spacial score (nSPS) is 20.3. The second kappa shape index (κ2) is 16.2. The van der Waals surface area contributed by atoms with Gasteiger partial charge in [0.05, 0.1) is 6.04 Å². The molecule has 8 unspecified atom stereocenters. The second-order valence-electron chi connectivity index (χ2n) is 11.9. The Balaban J connectivity index is 2.37. The Labute approximate surface area is 255 Å². The van der Waals surface area contributed by atoms with Crippen molar-refractivity contribution in [3.63, 3.8) is 0 Å². The van der Waals surface area contributed by atoms with Crippen LogP contribution in [0.25, 0.3) is 5.57 Å². The number of hydrogen-bond acceptors (Lipinski definition) is 5. The lowest BCUT2D eigenvalue weighted by Gasteiger charge is -2.33. The zero-order chi connectivity index (χ0) is 32.4. The van der Waals surface area contributed by atoms with Crippen LogP contribution in [0.4, 0.5) is 0 Å². The lowest BCUT2D eigenvalue weighted by atomic mass is 9.82. The summed E-state index contributed by atoms with van der Waals surface area (Å²) in [5.41, 5.74) is 1.84. The van der Waals surface area contributed by atoms with Gasteiger partial charge < -0.3 is 26.4 Å². The quantitative estimate of drug-likeness (QED) is 0.193. The first kappa shape index (κ1) is 35.5. The highest BCUT2D eigenvalue weighted by molar-refractivity contribution is 6.07. The lowest BCUT2D eigenvalue weighted by Crippen LogP contribution is -2.59. The van der Waals surface area contributed by atoms with Crippen molar-refractivity contribution in [3.8, 4) is 0 Å². The first-order chi connectivity index (χ1) is 20.3. The van der Waals surface area contributed by atoms with Gasteiger partial charge in [-0.25, -0.2) is 4.79 Å². The first-order valence-corrected chi connectivity index (χ1v) is 15.6. The van der Waals surface area contributed by atoms with Gasteiger partial charge in [0.25, 0.3) is 5.91 Å². The zero-order valence-electron chi connectivity index (χ0n) is 26.8. The number of carboxylic acids is 1. The third-order valence-corrected chi connectivity index (χ3v) is 8.97. The molecule has 4 amide bonds. The highest BCUT2D eigenvalue weighted by atomic mass is 16.4. The van der Waals surface area contributed by atoms with E-state index in [0.717, 1.165) is 6.42 Å². The van der Waals surface area contributed by atoms with Crippen molar-refractivity contribution in [1.29, 1.82) is 0 Å². The van der Waals surface area contributed by atoms with E-state index in [1.165, 1.54) is 6.08 Å². The van der Waals surface area contributed by atoms with Crippen LogP contribution in [0.1, 0.15) is 97.0 Å². The summed E-state index contributed by atoms with van der Waals surface area (Å²) in [6, 6.07) is 3.73. The topological polar surface area (TPSA) is 154 Å². The number of fused-ring (bicyclic) bond motifs is 1. The predicted octanol–water partition coefficient (Wildman–Crippen LogP) is 3.91. The van der Waals surface area contributed by atoms with E-state index >= 15 is 0 Å². The Morgan fingerprint density at radius 3 is 1.72 bits per heavy atom. The fourth-order valence-electron chi connectivity index (χ4n) is 5.16. The van der Waals surface area contributed by atoms with Crippen LogP contribution in [0.2, 0.25) is 0 Å². The Bertz CT molecular complexity index is 1200. The third-order valence-electron chi connectivity index (χ3n) is 8.97. The van der Waals surface area contributed by atoms with Gasteiger partial charge in [-0.1, -0.05) is 99.3 Å². The number of carboxylic acid groups (broad SMARTS) is 1. The van der Waals surface area contributed by atoms with Crippen LogP contribution in [-0.2, 0) is 19.2 Å². The van der Waals surface area contributed by atoms with E-state index in [1.807, 2.05) is 60.6 Å². The molecule has 0 fully saturated rings. The molecule has 1 aliphatic heterocycles. The van der Waals surface area contributed by atoms with Crippen LogP contribution in [0, 0.1) is 23.7 Å². The summed E-state index contributed by atoms with van der Waals surface area (Å²) in [5.74, 6) is -3.70. The summed E-state index contributed by atoms with van der Waals surface area (Å²) >= 11 is 0. The molecule has 0 saturated carbocycles. The molecule has 2 rings (SSSR count). The minimum atomic E-state index is -1.13.